The second-order valence-corrected chi connectivity index (χ2v) is 16.5. The molecule has 2 heteroatoms. The summed E-state index contributed by atoms with van der Waals surface area (Å²) in [4.78, 5) is 2.38. The number of hydrogen-bond donors (Lipinski definition) is 0. The highest BCUT2D eigenvalue weighted by Crippen LogP contribution is 2.46. The minimum absolute atomic E-state index is 1.09. The van der Waals surface area contributed by atoms with Crippen LogP contribution in [0, 0.1) is 0 Å². The predicted octanol–water partition coefficient (Wildman–Crippen LogP) is 17.2. The number of fused-ring (bicyclic) bond motifs is 6. The van der Waals surface area contributed by atoms with E-state index in [9.17, 15) is 0 Å². The standard InChI is InChI=1S/C62H42N2/c1-5-19-43(20-6-1)61-56-33-14-13-31-53(56)54-37-35-47(42-58(54)62(61)44-21-7-2-8-22-44)45-23-17-29-51(39-45)63(49-25-9-3-10-26-49)52-30-18-24-46(40-52)48-36-38-60-57(41-48)55-32-15-16-34-59(55)64(60)50-27-11-4-12-28-50/h1-42H. The van der Waals surface area contributed by atoms with Gasteiger partial charge in [0.2, 0.25) is 0 Å². The lowest BCUT2D eigenvalue weighted by molar-refractivity contribution is 1.18. The van der Waals surface area contributed by atoms with E-state index in [1.807, 2.05) is 0 Å². The van der Waals surface area contributed by atoms with Gasteiger partial charge in [0.1, 0.15) is 0 Å². The molecule has 0 aliphatic heterocycles. The molecule has 12 aromatic rings. The molecule has 300 valence electrons. The van der Waals surface area contributed by atoms with Crippen LogP contribution in [0.2, 0.25) is 0 Å². The van der Waals surface area contributed by atoms with Crippen molar-refractivity contribution < 1.29 is 0 Å². The molecule has 0 N–H and O–H groups in total. The first-order valence-corrected chi connectivity index (χ1v) is 22.0. The number of para-hydroxylation sites is 3. The van der Waals surface area contributed by atoms with Gasteiger partial charge in [-0.25, -0.2) is 0 Å². The van der Waals surface area contributed by atoms with Crippen molar-refractivity contribution in [2.75, 3.05) is 4.90 Å². The molecule has 0 aliphatic carbocycles. The Kier molecular flexibility index (Phi) is 9.20. The van der Waals surface area contributed by atoms with E-state index in [0.29, 0.717) is 0 Å². The Bertz CT molecular complexity index is 3650. The molecule has 0 fully saturated rings. The van der Waals surface area contributed by atoms with Gasteiger partial charge in [-0.15, -0.1) is 0 Å². The molecule has 0 bridgehead atoms. The van der Waals surface area contributed by atoms with Gasteiger partial charge in [-0.05, 0) is 139 Å². The molecule has 1 heterocycles. The van der Waals surface area contributed by atoms with Crippen LogP contribution in [0.5, 0.6) is 0 Å². The second-order valence-electron chi connectivity index (χ2n) is 16.5. The Balaban J connectivity index is 0.997. The summed E-state index contributed by atoms with van der Waals surface area (Å²) in [6.45, 7) is 0. The third-order valence-electron chi connectivity index (χ3n) is 12.7. The lowest BCUT2D eigenvalue weighted by Crippen LogP contribution is -2.10. The van der Waals surface area contributed by atoms with E-state index in [0.717, 1.165) is 33.9 Å². The molecule has 12 rings (SSSR count). The van der Waals surface area contributed by atoms with E-state index in [4.69, 9.17) is 0 Å². The van der Waals surface area contributed by atoms with Gasteiger partial charge in [-0.3, -0.25) is 0 Å². The Morgan fingerprint density at radius 1 is 0.234 bits per heavy atom. The van der Waals surface area contributed by atoms with E-state index in [-0.39, 0.29) is 0 Å². The van der Waals surface area contributed by atoms with Gasteiger partial charge in [-0.1, -0.05) is 182 Å². The summed E-state index contributed by atoms with van der Waals surface area (Å²) in [5.41, 5.74) is 16.5. The fourth-order valence-corrected chi connectivity index (χ4v) is 9.86. The Labute approximate surface area is 373 Å². The highest BCUT2D eigenvalue weighted by Gasteiger charge is 2.20. The lowest BCUT2D eigenvalue weighted by atomic mass is 9.84. The van der Waals surface area contributed by atoms with E-state index in [1.165, 1.54) is 76.7 Å². The molecule has 0 amide bonds. The van der Waals surface area contributed by atoms with Gasteiger partial charge in [-0.2, -0.15) is 0 Å². The van der Waals surface area contributed by atoms with Crippen molar-refractivity contribution in [1.29, 1.82) is 0 Å². The molecule has 11 aromatic carbocycles. The SMILES string of the molecule is c1ccc(-c2c(-c3ccccc3)c3cc(-c4cccc(N(c5ccccc5)c5cccc(-c6ccc7c(c6)c6ccccc6n7-c6ccccc6)c5)c4)ccc3c3ccccc23)cc1. The zero-order valence-corrected chi connectivity index (χ0v) is 35.1. The highest BCUT2D eigenvalue weighted by atomic mass is 15.1. The number of hydrogen-bond acceptors (Lipinski definition) is 1. The maximum absolute atomic E-state index is 2.41. The van der Waals surface area contributed by atoms with E-state index in [1.54, 1.807) is 0 Å². The first-order chi connectivity index (χ1) is 31.8. The van der Waals surface area contributed by atoms with Gasteiger partial charge in [0.25, 0.3) is 0 Å². The van der Waals surface area contributed by atoms with E-state index >= 15 is 0 Å². The molecule has 0 unspecified atom stereocenters. The van der Waals surface area contributed by atoms with E-state index in [2.05, 4.69) is 264 Å². The van der Waals surface area contributed by atoms with Crippen molar-refractivity contribution in [1.82, 2.24) is 4.57 Å². The maximum atomic E-state index is 2.41. The number of benzene rings is 11. The molecule has 0 aliphatic rings. The monoisotopic (exact) mass is 814 g/mol. The number of rotatable bonds is 8. The molecular weight excluding hydrogens is 773 g/mol. The van der Waals surface area contributed by atoms with Crippen LogP contribution in [-0.4, -0.2) is 4.57 Å². The van der Waals surface area contributed by atoms with Gasteiger partial charge in [0.15, 0.2) is 0 Å². The fraction of sp³-hybridized carbons (Fsp3) is 0. The maximum Gasteiger partial charge on any atom is 0.0541 e. The summed E-state index contributed by atoms with van der Waals surface area (Å²) in [6, 6.07) is 92.6. The molecule has 0 saturated heterocycles. The number of aromatic nitrogens is 1. The fourth-order valence-electron chi connectivity index (χ4n) is 9.86. The molecule has 1 aromatic heterocycles. The minimum Gasteiger partial charge on any atom is -0.310 e. The first kappa shape index (κ1) is 37.3. The van der Waals surface area contributed by atoms with Gasteiger partial charge in [0.05, 0.1) is 11.0 Å². The van der Waals surface area contributed by atoms with Crippen LogP contribution < -0.4 is 4.90 Å². The van der Waals surface area contributed by atoms with Crippen molar-refractivity contribution in [3.8, 4) is 50.2 Å². The van der Waals surface area contributed by atoms with Gasteiger partial charge < -0.3 is 9.47 Å². The summed E-state index contributed by atoms with van der Waals surface area (Å²) < 4.78 is 2.37. The van der Waals surface area contributed by atoms with Crippen LogP contribution in [0.3, 0.4) is 0 Å². The normalized spacial score (nSPS) is 11.4. The third-order valence-corrected chi connectivity index (χ3v) is 12.7. The Hall–Kier alpha value is -8.46. The van der Waals surface area contributed by atoms with Crippen molar-refractivity contribution >= 4 is 60.4 Å². The van der Waals surface area contributed by atoms with E-state index < -0.39 is 0 Å². The quantitative estimate of drug-likeness (QED) is 0.139. The van der Waals surface area contributed by atoms with Crippen LogP contribution in [0.15, 0.2) is 255 Å². The zero-order valence-electron chi connectivity index (χ0n) is 35.1. The molecule has 0 atom stereocenters. The van der Waals surface area contributed by atoms with Crippen molar-refractivity contribution in [3.05, 3.63) is 255 Å². The predicted molar refractivity (Wildman–Crippen MR) is 272 cm³/mol. The molecule has 2 nitrogen and oxygen atoms in total. The van der Waals surface area contributed by atoms with Crippen LogP contribution in [0.25, 0.3) is 93.5 Å². The Morgan fingerprint density at radius 3 is 1.30 bits per heavy atom. The van der Waals surface area contributed by atoms with Crippen LogP contribution in [-0.2, 0) is 0 Å². The average molecular weight is 815 g/mol. The second kappa shape index (κ2) is 15.8. The van der Waals surface area contributed by atoms with Crippen LogP contribution in [0.4, 0.5) is 17.1 Å². The largest absolute Gasteiger partial charge is 0.310 e. The first-order valence-electron chi connectivity index (χ1n) is 22.0. The topological polar surface area (TPSA) is 8.17 Å². The minimum atomic E-state index is 1.09. The smallest absolute Gasteiger partial charge is 0.0541 e. The number of anilines is 3. The summed E-state index contributed by atoms with van der Waals surface area (Å²) >= 11 is 0. The molecule has 0 radical (unpaired) electrons. The van der Waals surface area contributed by atoms with Crippen LogP contribution >= 0.6 is 0 Å². The summed E-state index contributed by atoms with van der Waals surface area (Å²) in [6.07, 6.45) is 0. The van der Waals surface area contributed by atoms with Gasteiger partial charge >= 0.3 is 0 Å². The zero-order chi connectivity index (χ0) is 42.4. The molecule has 64 heavy (non-hydrogen) atoms. The van der Waals surface area contributed by atoms with Gasteiger partial charge in [0, 0.05) is 33.5 Å². The average Bonchev–Trinajstić information content (AvgIpc) is 3.71. The highest BCUT2D eigenvalue weighted by molar-refractivity contribution is 6.22. The van der Waals surface area contributed by atoms with Crippen molar-refractivity contribution in [2.24, 2.45) is 0 Å². The lowest BCUT2D eigenvalue weighted by Gasteiger charge is -2.26. The third kappa shape index (κ3) is 6.44. The Morgan fingerprint density at radius 2 is 0.656 bits per heavy atom. The summed E-state index contributed by atoms with van der Waals surface area (Å²) in [7, 11) is 0. The molecular formula is C62H42N2. The summed E-state index contributed by atoms with van der Waals surface area (Å²) in [5, 5.41) is 7.49. The summed E-state index contributed by atoms with van der Waals surface area (Å²) in [5.74, 6) is 0. The molecule has 0 spiro atoms. The van der Waals surface area contributed by atoms with Crippen molar-refractivity contribution in [2.45, 2.75) is 0 Å². The van der Waals surface area contributed by atoms with Crippen molar-refractivity contribution in [3.63, 3.8) is 0 Å². The van der Waals surface area contributed by atoms with Crippen LogP contribution in [0.1, 0.15) is 0 Å². The molecule has 0 saturated carbocycles. The number of nitrogens with zero attached hydrogens (tertiary/aromatic N) is 2.